The summed E-state index contributed by atoms with van der Waals surface area (Å²) in [6.07, 6.45) is 0. The smallest absolute Gasteiger partial charge is 0.138 e. The van der Waals surface area contributed by atoms with Crippen LogP contribution in [0.3, 0.4) is 0 Å². The van der Waals surface area contributed by atoms with Crippen LogP contribution in [0.5, 0.6) is 0 Å². The number of aryl methyl sites for hydroxylation is 1. The predicted molar refractivity (Wildman–Crippen MR) is 76.8 cm³/mol. The second-order valence-electron chi connectivity index (χ2n) is 3.11. The van der Waals surface area contributed by atoms with Crippen LogP contribution in [0, 0.1) is 24.5 Å². The van der Waals surface area contributed by atoms with Crippen LogP contribution in [0.4, 0.5) is 11.4 Å². The lowest BCUT2D eigenvalue weighted by atomic mass is 10.1. The number of thioether (sulfide) groups is 1. The first-order chi connectivity index (χ1) is 8.15. The highest BCUT2D eigenvalue weighted by molar-refractivity contribution is 8.04. The molecule has 17 heavy (non-hydrogen) atoms. The lowest BCUT2D eigenvalue weighted by Gasteiger charge is -2.09. The number of thiocarbonyl (C=S) groups is 2. The van der Waals surface area contributed by atoms with Crippen LogP contribution < -0.4 is 0 Å². The van der Waals surface area contributed by atoms with Gasteiger partial charge in [0.15, 0.2) is 0 Å². The van der Waals surface area contributed by atoms with E-state index in [4.69, 9.17) is 5.26 Å². The summed E-state index contributed by atoms with van der Waals surface area (Å²) in [6, 6.07) is 1.83. The Bertz CT molecular complexity index is 589. The quantitative estimate of drug-likeness (QED) is 0.357. The van der Waals surface area contributed by atoms with E-state index in [1.165, 1.54) is 0 Å². The molecular weight excluding hydrogens is 270 g/mol. The topological polar surface area (TPSA) is 48.5 Å². The molecule has 1 aromatic rings. The summed E-state index contributed by atoms with van der Waals surface area (Å²) < 4.78 is 0. The number of thiocyanates is 1. The van der Waals surface area contributed by atoms with E-state index in [0.717, 1.165) is 27.8 Å². The highest BCUT2D eigenvalue weighted by atomic mass is 32.2. The van der Waals surface area contributed by atoms with Gasteiger partial charge in [0.25, 0.3) is 0 Å². The van der Waals surface area contributed by atoms with Gasteiger partial charge in [0, 0.05) is 0 Å². The van der Waals surface area contributed by atoms with Crippen molar-refractivity contribution in [2.24, 2.45) is 9.98 Å². The van der Waals surface area contributed by atoms with E-state index in [9.17, 15) is 0 Å². The van der Waals surface area contributed by atoms with Crippen molar-refractivity contribution in [2.75, 3.05) is 0 Å². The first-order valence-electron chi connectivity index (χ1n) is 4.51. The number of benzene rings is 1. The first kappa shape index (κ1) is 13.7. The van der Waals surface area contributed by atoms with Crippen molar-refractivity contribution >= 4 is 57.9 Å². The maximum atomic E-state index is 8.81. The number of isothiocyanates is 2. The molecule has 0 aromatic heterocycles. The molecule has 1 rings (SSSR count). The molecule has 0 aliphatic heterocycles. The van der Waals surface area contributed by atoms with E-state index in [2.05, 4.69) is 44.7 Å². The fourth-order valence-corrected chi connectivity index (χ4v) is 2.16. The van der Waals surface area contributed by atoms with Crippen LogP contribution in [0.1, 0.15) is 11.1 Å². The molecule has 0 saturated heterocycles. The molecule has 0 spiro atoms. The molecule has 0 radical (unpaired) electrons. The van der Waals surface area contributed by atoms with Gasteiger partial charge in [-0.2, -0.15) is 15.2 Å². The largest absolute Gasteiger partial charge is 0.192 e. The summed E-state index contributed by atoms with van der Waals surface area (Å²) in [4.78, 5) is 8.62. The lowest BCUT2D eigenvalue weighted by Crippen LogP contribution is -1.86. The molecule has 0 fully saturated rings. The van der Waals surface area contributed by atoms with Crippen molar-refractivity contribution in [3.63, 3.8) is 0 Å². The summed E-state index contributed by atoms with van der Waals surface area (Å²) in [6.45, 7) is 3.85. The minimum Gasteiger partial charge on any atom is -0.192 e. The van der Waals surface area contributed by atoms with Crippen LogP contribution in [0.25, 0.3) is 0 Å². The number of rotatable bonds is 3. The Morgan fingerprint density at radius 1 is 1.24 bits per heavy atom. The highest BCUT2D eigenvalue weighted by Gasteiger charge is 2.13. The van der Waals surface area contributed by atoms with Crippen LogP contribution >= 0.6 is 36.2 Å². The Labute approximate surface area is 114 Å². The zero-order valence-corrected chi connectivity index (χ0v) is 11.6. The van der Waals surface area contributed by atoms with Gasteiger partial charge in [0.05, 0.1) is 15.2 Å². The van der Waals surface area contributed by atoms with Gasteiger partial charge >= 0.3 is 0 Å². The molecule has 0 unspecified atom stereocenters. The Hall–Kier alpha value is -1.34. The number of aliphatic imine (C=N–C) groups is 2. The number of hydrogen-bond donors (Lipinski definition) is 0. The molecule has 0 bridgehead atoms. The van der Waals surface area contributed by atoms with E-state index >= 15 is 0 Å². The molecule has 6 heteroatoms. The average molecular weight is 277 g/mol. The molecule has 1 aromatic carbocycles. The standard InChI is InChI=1S/C11H7N3S3/c1-7-3-9(13-5-15)10(14-6-16)11(8(7)2)17-4-12/h3H,1-2H3. The van der Waals surface area contributed by atoms with Crippen LogP contribution in [0.15, 0.2) is 20.9 Å². The third-order valence-electron chi connectivity index (χ3n) is 2.21. The van der Waals surface area contributed by atoms with Gasteiger partial charge in [-0.05, 0) is 67.2 Å². The number of nitriles is 1. The second-order valence-corrected chi connectivity index (χ2v) is 4.27. The lowest BCUT2D eigenvalue weighted by molar-refractivity contribution is 1.21. The summed E-state index contributed by atoms with van der Waals surface area (Å²) >= 11 is 10.2. The number of hydrogen-bond acceptors (Lipinski definition) is 6. The molecule has 0 aliphatic carbocycles. The molecular formula is C11H7N3S3. The zero-order valence-electron chi connectivity index (χ0n) is 9.14. The van der Waals surface area contributed by atoms with Crippen molar-refractivity contribution in [1.82, 2.24) is 0 Å². The monoisotopic (exact) mass is 277 g/mol. The summed E-state index contributed by atoms with van der Waals surface area (Å²) in [5, 5.41) is 15.4. The summed E-state index contributed by atoms with van der Waals surface area (Å²) in [7, 11) is 0. The minimum absolute atomic E-state index is 0.520. The molecule has 0 aliphatic rings. The molecule has 0 N–H and O–H groups in total. The van der Waals surface area contributed by atoms with Gasteiger partial charge in [-0.15, -0.1) is 0 Å². The van der Waals surface area contributed by atoms with Crippen LogP contribution in [0.2, 0.25) is 0 Å². The van der Waals surface area contributed by atoms with Gasteiger partial charge in [-0.3, -0.25) is 0 Å². The van der Waals surface area contributed by atoms with Crippen molar-refractivity contribution in [2.45, 2.75) is 18.7 Å². The minimum atomic E-state index is 0.520. The summed E-state index contributed by atoms with van der Waals surface area (Å²) in [5.41, 5.74) is 3.06. The molecule has 3 nitrogen and oxygen atoms in total. The Kier molecular flexibility index (Phi) is 5.17. The van der Waals surface area contributed by atoms with Gasteiger partial charge in [-0.25, -0.2) is 0 Å². The van der Waals surface area contributed by atoms with E-state index in [-0.39, 0.29) is 0 Å². The molecule has 0 atom stereocenters. The fraction of sp³-hybridized carbons (Fsp3) is 0.182. The van der Waals surface area contributed by atoms with Crippen molar-refractivity contribution in [1.29, 1.82) is 5.26 Å². The first-order valence-corrected chi connectivity index (χ1v) is 6.14. The Balaban J connectivity index is 3.69. The normalized spacial score (nSPS) is 8.76. The number of nitrogens with zero attached hydrogens (tertiary/aromatic N) is 3. The van der Waals surface area contributed by atoms with Crippen molar-refractivity contribution in [3.8, 4) is 5.40 Å². The average Bonchev–Trinajstić information content (AvgIpc) is 2.30. The fourth-order valence-electron chi connectivity index (χ4n) is 1.31. The second kappa shape index (κ2) is 6.41. The molecule has 84 valence electrons. The zero-order chi connectivity index (χ0) is 12.8. The maximum absolute atomic E-state index is 8.81. The summed E-state index contributed by atoms with van der Waals surface area (Å²) in [5.74, 6) is 0. The Morgan fingerprint density at radius 2 is 1.88 bits per heavy atom. The molecule has 0 heterocycles. The highest BCUT2D eigenvalue weighted by Crippen LogP contribution is 2.41. The van der Waals surface area contributed by atoms with Crippen LogP contribution in [-0.2, 0) is 0 Å². The van der Waals surface area contributed by atoms with Gasteiger partial charge in [0.2, 0.25) is 0 Å². The maximum Gasteiger partial charge on any atom is 0.138 e. The predicted octanol–water partition coefficient (Wildman–Crippen LogP) is 4.35. The van der Waals surface area contributed by atoms with Crippen molar-refractivity contribution in [3.05, 3.63) is 17.2 Å². The van der Waals surface area contributed by atoms with Gasteiger partial charge < -0.3 is 0 Å². The Morgan fingerprint density at radius 3 is 2.41 bits per heavy atom. The molecule has 0 amide bonds. The third-order valence-corrected chi connectivity index (χ3v) is 3.19. The van der Waals surface area contributed by atoms with Gasteiger partial charge in [0.1, 0.15) is 16.8 Å². The van der Waals surface area contributed by atoms with E-state index in [0.29, 0.717) is 11.4 Å². The van der Waals surface area contributed by atoms with E-state index in [1.54, 1.807) is 0 Å². The van der Waals surface area contributed by atoms with Gasteiger partial charge in [-0.1, -0.05) is 0 Å². The van der Waals surface area contributed by atoms with Crippen molar-refractivity contribution < 1.29 is 0 Å². The SMILES string of the molecule is Cc1cc(N=C=S)c(N=C=S)c(SC#N)c1C. The molecule has 0 saturated carbocycles. The van der Waals surface area contributed by atoms with Crippen LogP contribution in [-0.4, -0.2) is 10.3 Å². The van der Waals surface area contributed by atoms with E-state index in [1.807, 2.05) is 25.3 Å². The third kappa shape index (κ3) is 3.07. The van der Waals surface area contributed by atoms with E-state index < -0.39 is 0 Å².